The van der Waals surface area contributed by atoms with E-state index in [9.17, 15) is 18.3 Å². The molecule has 1 aliphatic heterocycles. The number of phenolic OH excluding ortho intramolecular Hbond substituents is 1. The number of nitrogens with one attached hydrogen (secondary N) is 1. The molecule has 0 unspecified atom stereocenters. The van der Waals surface area contributed by atoms with Crippen LogP contribution in [-0.2, 0) is 21.1 Å². The van der Waals surface area contributed by atoms with Crippen molar-refractivity contribution in [1.29, 1.82) is 0 Å². The third-order valence-electron chi connectivity index (χ3n) is 3.95. The molecular formula is C17H16ClNO5S. The molecule has 0 aliphatic carbocycles. The molecule has 0 radical (unpaired) electrons. The fourth-order valence-electron chi connectivity index (χ4n) is 2.55. The molecule has 2 N–H and O–H groups in total. The maximum absolute atomic E-state index is 12.4. The molecule has 2 aromatic carbocycles. The number of carbonyl (C=O) groups excluding carboxylic acids is 1. The maximum Gasteiger partial charge on any atom is 0.265 e. The van der Waals surface area contributed by atoms with E-state index in [1.807, 2.05) is 0 Å². The van der Waals surface area contributed by atoms with Gasteiger partial charge >= 0.3 is 0 Å². The largest absolute Gasteiger partial charge is 0.506 e. The Morgan fingerprint density at radius 3 is 2.80 bits per heavy atom. The number of halogens is 1. The van der Waals surface area contributed by atoms with Gasteiger partial charge in [-0.05, 0) is 42.0 Å². The molecule has 0 spiro atoms. The first-order valence-corrected chi connectivity index (χ1v) is 9.65. The molecule has 1 heterocycles. The maximum atomic E-state index is 12.4. The predicted octanol–water partition coefficient (Wildman–Crippen LogP) is 2.78. The first-order valence-electron chi connectivity index (χ1n) is 7.62. The summed E-state index contributed by atoms with van der Waals surface area (Å²) in [5.74, 6) is -0.195. The van der Waals surface area contributed by atoms with Crippen LogP contribution in [0.4, 0.5) is 5.69 Å². The van der Waals surface area contributed by atoms with Crippen molar-refractivity contribution < 1.29 is 23.1 Å². The second kappa shape index (κ2) is 6.57. The molecule has 8 heteroatoms. The van der Waals surface area contributed by atoms with E-state index in [4.69, 9.17) is 16.3 Å². The molecule has 1 amide bonds. The summed E-state index contributed by atoms with van der Waals surface area (Å²) >= 11 is 5.93. The van der Waals surface area contributed by atoms with E-state index in [2.05, 4.69) is 5.32 Å². The molecule has 132 valence electrons. The minimum Gasteiger partial charge on any atom is -0.506 e. The SMILES string of the molecule is CCS(=O)(=O)c1ccc(O)c(NC(=O)[C@H]2Cc3cc(Cl)ccc3O2)c1. The molecule has 3 rings (SSSR count). The van der Waals surface area contributed by atoms with Gasteiger partial charge < -0.3 is 15.2 Å². The number of aromatic hydroxyl groups is 1. The highest BCUT2D eigenvalue weighted by Crippen LogP contribution is 2.32. The number of fused-ring (bicyclic) bond motifs is 1. The average Bonchev–Trinajstić information content (AvgIpc) is 2.99. The van der Waals surface area contributed by atoms with Gasteiger partial charge in [-0.3, -0.25) is 4.79 Å². The van der Waals surface area contributed by atoms with Crippen LogP contribution in [0.15, 0.2) is 41.3 Å². The summed E-state index contributed by atoms with van der Waals surface area (Å²) < 4.78 is 29.5. The number of rotatable bonds is 4. The molecule has 6 nitrogen and oxygen atoms in total. The van der Waals surface area contributed by atoms with Gasteiger partial charge in [0.1, 0.15) is 11.5 Å². The zero-order chi connectivity index (χ0) is 18.2. The first kappa shape index (κ1) is 17.6. The standard InChI is InChI=1S/C17H16ClNO5S/c1-2-25(22,23)12-4-5-14(20)13(9-12)19-17(21)16-8-10-7-11(18)3-6-15(10)24-16/h3-7,9,16,20H,2,8H2,1H3,(H,19,21)/t16-/m1/s1. The number of hydrogen-bond donors (Lipinski definition) is 2. The number of benzene rings is 2. The fraction of sp³-hybridized carbons (Fsp3) is 0.235. The lowest BCUT2D eigenvalue weighted by Crippen LogP contribution is -2.31. The van der Waals surface area contributed by atoms with Crippen molar-refractivity contribution in [3.63, 3.8) is 0 Å². The quantitative estimate of drug-likeness (QED) is 0.794. The number of anilines is 1. The fourth-order valence-corrected chi connectivity index (χ4v) is 3.65. The summed E-state index contributed by atoms with van der Waals surface area (Å²) in [6.45, 7) is 1.52. The Labute approximate surface area is 150 Å². The average molecular weight is 382 g/mol. The highest BCUT2D eigenvalue weighted by Gasteiger charge is 2.30. The van der Waals surface area contributed by atoms with Gasteiger partial charge in [-0.15, -0.1) is 0 Å². The van der Waals surface area contributed by atoms with Crippen LogP contribution in [0.2, 0.25) is 5.02 Å². The second-order valence-electron chi connectivity index (χ2n) is 5.63. The van der Waals surface area contributed by atoms with Gasteiger partial charge in [-0.25, -0.2) is 8.42 Å². The van der Waals surface area contributed by atoms with Crippen LogP contribution < -0.4 is 10.1 Å². The molecule has 25 heavy (non-hydrogen) atoms. The lowest BCUT2D eigenvalue weighted by Gasteiger charge is -2.13. The van der Waals surface area contributed by atoms with Gasteiger partial charge in [0.25, 0.3) is 5.91 Å². The third kappa shape index (κ3) is 3.57. The van der Waals surface area contributed by atoms with E-state index in [0.29, 0.717) is 17.2 Å². The second-order valence-corrected chi connectivity index (χ2v) is 8.35. The Balaban J connectivity index is 1.79. The van der Waals surface area contributed by atoms with Gasteiger partial charge in [-0.1, -0.05) is 18.5 Å². The molecular weight excluding hydrogens is 366 g/mol. The Kier molecular flexibility index (Phi) is 4.62. The summed E-state index contributed by atoms with van der Waals surface area (Å²) in [6.07, 6.45) is -0.436. The molecule has 1 aliphatic rings. The van der Waals surface area contributed by atoms with E-state index in [0.717, 1.165) is 5.56 Å². The van der Waals surface area contributed by atoms with Gasteiger partial charge in [-0.2, -0.15) is 0 Å². The Bertz CT molecular complexity index is 942. The monoisotopic (exact) mass is 381 g/mol. The van der Waals surface area contributed by atoms with Crippen molar-refractivity contribution in [1.82, 2.24) is 0 Å². The van der Waals surface area contributed by atoms with Crippen molar-refractivity contribution in [3.05, 3.63) is 47.0 Å². The first-order chi connectivity index (χ1) is 11.8. The Hall–Kier alpha value is -2.25. The summed E-state index contributed by atoms with van der Waals surface area (Å²) in [5, 5.41) is 13.0. The van der Waals surface area contributed by atoms with Crippen molar-refractivity contribution in [2.75, 3.05) is 11.1 Å². The lowest BCUT2D eigenvalue weighted by atomic mass is 10.1. The molecule has 0 saturated heterocycles. The Morgan fingerprint density at radius 1 is 1.32 bits per heavy atom. The van der Waals surface area contributed by atoms with E-state index in [1.165, 1.54) is 25.1 Å². The van der Waals surface area contributed by atoms with E-state index >= 15 is 0 Å². The number of amides is 1. The highest BCUT2D eigenvalue weighted by molar-refractivity contribution is 7.91. The van der Waals surface area contributed by atoms with Crippen molar-refractivity contribution in [2.24, 2.45) is 0 Å². The number of sulfone groups is 1. The Morgan fingerprint density at radius 2 is 2.08 bits per heavy atom. The zero-order valence-corrected chi connectivity index (χ0v) is 14.9. The summed E-state index contributed by atoms with van der Waals surface area (Å²) in [7, 11) is -3.45. The minimum atomic E-state index is -3.45. The zero-order valence-electron chi connectivity index (χ0n) is 13.3. The molecule has 0 aromatic heterocycles. The minimum absolute atomic E-state index is 0.0251. The van der Waals surface area contributed by atoms with Gasteiger partial charge in [0, 0.05) is 11.4 Å². The van der Waals surface area contributed by atoms with Crippen LogP contribution in [0.1, 0.15) is 12.5 Å². The van der Waals surface area contributed by atoms with Crippen LogP contribution in [-0.4, -0.2) is 31.3 Å². The smallest absolute Gasteiger partial charge is 0.265 e. The van der Waals surface area contributed by atoms with Crippen LogP contribution in [0.25, 0.3) is 0 Å². The molecule has 0 bridgehead atoms. The summed E-state index contributed by atoms with van der Waals surface area (Å²) in [4.78, 5) is 12.5. The van der Waals surface area contributed by atoms with Crippen molar-refractivity contribution in [2.45, 2.75) is 24.3 Å². The molecule has 0 saturated carbocycles. The van der Waals surface area contributed by atoms with E-state index in [1.54, 1.807) is 18.2 Å². The topological polar surface area (TPSA) is 92.7 Å². The van der Waals surface area contributed by atoms with E-state index in [-0.39, 0.29) is 22.1 Å². The van der Waals surface area contributed by atoms with Crippen molar-refractivity contribution >= 4 is 33.0 Å². The van der Waals surface area contributed by atoms with Gasteiger partial charge in [0.15, 0.2) is 15.9 Å². The van der Waals surface area contributed by atoms with Crippen LogP contribution in [0, 0.1) is 0 Å². The van der Waals surface area contributed by atoms with Gasteiger partial charge in [0.05, 0.1) is 16.3 Å². The normalized spacial score (nSPS) is 16.2. The highest BCUT2D eigenvalue weighted by atomic mass is 35.5. The van der Waals surface area contributed by atoms with Crippen molar-refractivity contribution in [3.8, 4) is 11.5 Å². The van der Waals surface area contributed by atoms with Gasteiger partial charge in [0.2, 0.25) is 0 Å². The number of hydrogen-bond acceptors (Lipinski definition) is 5. The summed E-state index contributed by atoms with van der Waals surface area (Å²) in [6, 6.07) is 8.87. The number of carbonyl (C=O) groups is 1. The molecule has 1 atom stereocenters. The third-order valence-corrected chi connectivity index (χ3v) is 5.92. The lowest BCUT2D eigenvalue weighted by molar-refractivity contribution is -0.122. The number of phenols is 1. The van der Waals surface area contributed by atoms with Crippen LogP contribution in [0.5, 0.6) is 11.5 Å². The predicted molar refractivity (Wildman–Crippen MR) is 94.0 cm³/mol. The number of ether oxygens (including phenoxy) is 1. The molecule has 0 fully saturated rings. The van der Waals surface area contributed by atoms with Crippen LogP contribution in [0.3, 0.4) is 0 Å². The van der Waals surface area contributed by atoms with Crippen LogP contribution >= 0.6 is 11.6 Å². The molecule has 2 aromatic rings. The van der Waals surface area contributed by atoms with E-state index < -0.39 is 21.8 Å². The summed E-state index contributed by atoms with van der Waals surface area (Å²) in [5.41, 5.74) is 0.844.